The van der Waals surface area contributed by atoms with Crippen molar-refractivity contribution in [2.24, 2.45) is 5.10 Å². The van der Waals surface area contributed by atoms with Crippen LogP contribution in [0.25, 0.3) is 16.3 Å². The number of benzene rings is 3. The quantitative estimate of drug-likeness (QED) is 0.483. The van der Waals surface area contributed by atoms with Crippen LogP contribution in [-0.4, -0.2) is 25.2 Å². The average molecular weight is 353 g/mol. The summed E-state index contributed by atoms with van der Waals surface area (Å²) in [6.07, 6.45) is 7.37. The van der Waals surface area contributed by atoms with Crippen LogP contribution in [0.2, 0.25) is 0 Å². The Kier molecular flexibility index (Phi) is 4.75. The molecule has 0 atom stereocenters. The molecule has 0 heterocycles. The van der Waals surface area contributed by atoms with Crippen molar-refractivity contribution in [2.75, 3.05) is 19.5 Å². The summed E-state index contributed by atoms with van der Waals surface area (Å²) in [4.78, 5) is 2.14. The molecule has 3 aromatic carbocycles. The molecule has 3 aromatic rings. The number of likely N-dealkylation sites (N-methyl/N-ethyl adjacent to an activating group) is 1. The van der Waals surface area contributed by atoms with Crippen molar-refractivity contribution >= 4 is 28.2 Å². The lowest BCUT2D eigenvalue weighted by Crippen LogP contribution is -2.07. The fourth-order valence-corrected chi connectivity index (χ4v) is 3.35. The van der Waals surface area contributed by atoms with Crippen LogP contribution in [0.3, 0.4) is 0 Å². The van der Waals surface area contributed by atoms with Crippen molar-refractivity contribution in [1.82, 2.24) is 4.90 Å². The Morgan fingerprint density at radius 3 is 2.52 bits per heavy atom. The molecule has 0 saturated heterocycles. The van der Waals surface area contributed by atoms with Crippen molar-refractivity contribution in [1.29, 1.82) is 0 Å². The van der Waals surface area contributed by atoms with Crippen LogP contribution >= 0.6 is 0 Å². The Bertz CT molecular complexity index is 1060. The normalized spacial score (nSPS) is 13.7. The van der Waals surface area contributed by atoms with Crippen LogP contribution in [0.5, 0.6) is 0 Å². The third-order valence-electron chi connectivity index (χ3n) is 4.82. The Morgan fingerprint density at radius 2 is 1.70 bits per heavy atom. The van der Waals surface area contributed by atoms with E-state index in [4.69, 9.17) is 0 Å². The maximum absolute atomic E-state index is 4.48. The summed E-state index contributed by atoms with van der Waals surface area (Å²) in [5.74, 6) is 0. The summed E-state index contributed by atoms with van der Waals surface area (Å²) in [6.45, 7) is 0. The minimum absolute atomic E-state index is 0.955. The van der Waals surface area contributed by atoms with Crippen LogP contribution in [-0.2, 0) is 0 Å². The molecule has 1 aliphatic rings. The summed E-state index contributed by atoms with van der Waals surface area (Å²) in [7, 11) is 4.15. The molecule has 0 amide bonds. The summed E-state index contributed by atoms with van der Waals surface area (Å²) >= 11 is 0. The highest BCUT2D eigenvalue weighted by molar-refractivity contribution is 5.90. The van der Waals surface area contributed by atoms with E-state index in [1.54, 1.807) is 0 Å². The summed E-state index contributed by atoms with van der Waals surface area (Å²) in [6, 6.07) is 23.0. The molecule has 0 aromatic heterocycles. The number of hydrogen-bond donors (Lipinski definition) is 1. The molecule has 27 heavy (non-hydrogen) atoms. The number of hydrazone groups is 1. The SMILES string of the molecule is CN(C)C1=CCC(c2ccccc2C=NNc2ccc3ccccc3c2)=C1. The number of fused-ring (bicyclic) bond motifs is 1. The first-order valence-electron chi connectivity index (χ1n) is 9.16. The first kappa shape index (κ1) is 17.1. The van der Waals surface area contributed by atoms with Gasteiger partial charge in [0.05, 0.1) is 11.9 Å². The van der Waals surface area contributed by atoms with Crippen LogP contribution < -0.4 is 5.43 Å². The molecule has 1 N–H and O–H groups in total. The molecule has 1 aliphatic carbocycles. The molecule has 3 heteroatoms. The van der Waals surface area contributed by atoms with E-state index in [1.165, 1.54) is 27.6 Å². The molecule has 4 rings (SSSR count). The fraction of sp³-hybridized carbons (Fsp3) is 0.125. The molecule has 134 valence electrons. The van der Waals surface area contributed by atoms with E-state index in [2.05, 4.69) is 108 Å². The molecule has 0 radical (unpaired) electrons. The molecule has 0 fully saturated rings. The second kappa shape index (κ2) is 7.50. The van der Waals surface area contributed by atoms with Gasteiger partial charge < -0.3 is 4.90 Å². The molecular formula is C24H23N3. The van der Waals surface area contributed by atoms with Gasteiger partial charge in [-0.05, 0) is 46.5 Å². The third-order valence-corrected chi connectivity index (χ3v) is 4.82. The van der Waals surface area contributed by atoms with E-state index >= 15 is 0 Å². The molecule has 3 nitrogen and oxygen atoms in total. The van der Waals surface area contributed by atoms with E-state index in [9.17, 15) is 0 Å². The minimum atomic E-state index is 0.955. The first-order valence-corrected chi connectivity index (χ1v) is 9.16. The lowest BCUT2D eigenvalue weighted by atomic mass is 10.00. The number of nitrogens with one attached hydrogen (secondary N) is 1. The van der Waals surface area contributed by atoms with Gasteiger partial charge >= 0.3 is 0 Å². The van der Waals surface area contributed by atoms with Crippen molar-refractivity contribution in [3.8, 4) is 0 Å². The first-order chi connectivity index (χ1) is 13.2. The standard InChI is InChI=1S/C24H23N3/c1-27(2)23-14-12-20(16-23)24-10-6-5-9-21(24)17-25-26-22-13-11-18-7-3-4-8-19(18)15-22/h3-11,13-17,26H,12H2,1-2H3. The highest BCUT2D eigenvalue weighted by Crippen LogP contribution is 2.29. The molecule has 0 spiro atoms. The van der Waals surface area contributed by atoms with Crippen molar-refractivity contribution in [3.05, 3.63) is 95.7 Å². The second-order valence-electron chi connectivity index (χ2n) is 6.92. The lowest BCUT2D eigenvalue weighted by molar-refractivity contribution is 0.531. The van der Waals surface area contributed by atoms with Gasteiger partial charge in [0.2, 0.25) is 0 Å². The van der Waals surface area contributed by atoms with E-state index < -0.39 is 0 Å². The van der Waals surface area contributed by atoms with Crippen LogP contribution in [0.15, 0.2) is 89.7 Å². The van der Waals surface area contributed by atoms with E-state index in [1.807, 2.05) is 6.21 Å². The predicted molar refractivity (Wildman–Crippen MR) is 116 cm³/mol. The second-order valence-corrected chi connectivity index (χ2v) is 6.92. The number of rotatable bonds is 5. The Balaban J connectivity index is 1.53. The molecule has 0 saturated carbocycles. The maximum atomic E-state index is 4.48. The maximum Gasteiger partial charge on any atom is 0.0568 e. The van der Waals surface area contributed by atoms with Gasteiger partial charge in [-0.2, -0.15) is 5.10 Å². The number of nitrogens with zero attached hydrogens (tertiary/aromatic N) is 2. The molecular weight excluding hydrogens is 330 g/mol. The zero-order valence-corrected chi connectivity index (χ0v) is 15.7. The predicted octanol–water partition coefficient (Wildman–Crippen LogP) is 5.52. The van der Waals surface area contributed by atoms with Crippen molar-refractivity contribution in [3.63, 3.8) is 0 Å². The van der Waals surface area contributed by atoms with Crippen LogP contribution in [0, 0.1) is 0 Å². The summed E-state index contributed by atoms with van der Waals surface area (Å²) < 4.78 is 0. The minimum Gasteiger partial charge on any atom is -0.378 e. The van der Waals surface area contributed by atoms with Gasteiger partial charge in [-0.15, -0.1) is 0 Å². The highest BCUT2D eigenvalue weighted by Gasteiger charge is 2.12. The van der Waals surface area contributed by atoms with Gasteiger partial charge in [-0.1, -0.05) is 60.7 Å². The van der Waals surface area contributed by atoms with Crippen molar-refractivity contribution < 1.29 is 0 Å². The number of allylic oxidation sites excluding steroid dienone is 3. The average Bonchev–Trinajstić information content (AvgIpc) is 3.19. The number of hydrogen-bond acceptors (Lipinski definition) is 3. The van der Waals surface area contributed by atoms with Crippen LogP contribution in [0.4, 0.5) is 5.69 Å². The Morgan fingerprint density at radius 1 is 0.926 bits per heavy atom. The molecule has 0 unspecified atom stereocenters. The molecule has 0 bridgehead atoms. The lowest BCUT2D eigenvalue weighted by Gasteiger charge is -2.11. The zero-order chi connectivity index (χ0) is 18.6. The van der Waals surface area contributed by atoms with Gasteiger partial charge in [0.15, 0.2) is 0 Å². The van der Waals surface area contributed by atoms with E-state index in [0.717, 1.165) is 17.7 Å². The van der Waals surface area contributed by atoms with Crippen LogP contribution in [0.1, 0.15) is 17.5 Å². The van der Waals surface area contributed by atoms with Crippen molar-refractivity contribution in [2.45, 2.75) is 6.42 Å². The van der Waals surface area contributed by atoms with E-state index in [-0.39, 0.29) is 0 Å². The van der Waals surface area contributed by atoms with Gasteiger partial charge in [-0.3, -0.25) is 5.43 Å². The van der Waals surface area contributed by atoms with Gasteiger partial charge in [0.25, 0.3) is 0 Å². The Hall–Kier alpha value is -3.33. The monoisotopic (exact) mass is 353 g/mol. The highest BCUT2D eigenvalue weighted by atomic mass is 15.3. The topological polar surface area (TPSA) is 27.6 Å². The third kappa shape index (κ3) is 3.77. The summed E-state index contributed by atoms with van der Waals surface area (Å²) in [5.41, 5.74) is 9.07. The molecule has 0 aliphatic heterocycles. The summed E-state index contributed by atoms with van der Waals surface area (Å²) in [5, 5.41) is 6.91. The largest absolute Gasteiger partial charge is 0.378 e. The fourth-order valence-electron chi connectivity index (χ4n) is 3.35. The van der Waals surface area contributed by atoms with Gasteiger partial charge in [-0.25, -0.2) is 0 Å². The zero-order valence-electron chi connectivity index (χ0n) is 15.7. The smallest absolute Gasteiger partial charge is 0.0568 e. The van der Waals surface area contributed by atoms with Gasteiger partial charge in [0, 0.05) is 25.4 Å². The van der Waals surface area contributed by atoms with Gasteiger partial charge in [0.1, 0.15) is 0 Å². The Labute approximate surface area is 160 Å². The van der Waals surface area contributed by atoms with E-state index in [0.29, 0.717) is 0 Å². The number of anilines is 1.